The summed E-state index contributed by atoms with van der Waals surface area (Å²) in [7, 11) is 0. The molecule has 2 fully saturated rings. The molecular weight excluding hydrogens is 518 g/mol. The van der Waals surface area contributed by atoms with Gasteiger partial charge in [-0.3, -0.25) is 14.4 Å². The number of benzene rings is 2. The van der Waals surface area contributed by atoms with Crippen LogP contribution < -0.4 is 5.32 Å². The molecule has 0 radical (unpaired) electrons. The second kappa shape index (κ2) is 11.8. The lowest BCUT2D eigenvalue weighted by Gasteiger charge is -2.24. The van der Waals surface area contributed by atoms with E-state index in [0.29, 0.717) is 40.5 Å². The number of fused-ring (bicyclic) bond motifs is 1. The number of aromatic nitrogens is 2. The van der Waals surface area contributed by atoms with Crippen molar-refractivity contribution in [3.63, 3.8) is 0 Å². The summed E-state index contributed by atoms with van der Waals surface area (Å²) >= 11 is 6.15. The van der Waals surface area contributed by atoms with Crippen LogP contribution in [-0.2, 0) is 4.79 Å². The minimum Gasteiger partial charge on any atom is -0.394 e. The van der Waals surface area contributed by atoms with Crippen LogP contribution in [0, 0.1) is 6.92 Å². The lowest BCUT2D eigenvalue weighted by Crippen LogP contribution is -2.38. The lowest BCUT2D eigenvalue weighted by atomic mass is 10.0. The van der Waals surface area contributed by atoms with Gasteiger partial charge in [0.15, 0.2) is 0 Å². The summed E-state index contributed by atoms with van der Waals surface area (Å²) in [6.45, 7) is 3.95. The standard InChI is InChI=1S/C29H34ClN5O4/c1-18-15-19(6-8-22(18)29(39)34-12-2-3-13-34)28(38)33-24(10-11-26(37)35-14-4-5-21(35)17-36)27-31-23-9-7-20(30)16-25(23)32-27/h6-9,15-16,21,24,36H,2-5,10-14,17H2,1H3,(H,31,32)(H,33,38)/t21-,24+/m1/s1. The maximum Gasteiger partial charge on any atom is 0.254 e. The molecule has 5 rings (SSSR count). The summed E-state index contributed by atoms with van der Waals surface area (Å²) in [5, 5.41) is 13.2. The molecule has 2 aliphatic rings. The molecule has 0 bridgehead atoms. The molecule has 3 aromatic rings. The van der Waals surface area contributed by atoms with E-state index in [1.165, 1.54) is 0 Å². The van der Waals surface area contributed by atoms with E-state index in [9.17, 15) is 19.5 Å². The first-order chi connectivity index (χ1) is 18.8. The number of rotatable bonds is 8. The molecule has 0 unspecified atom stereocenters. The molecule has 1 aromatic heterocycles. The number of aryl methyl sites for hydroxylation is 1. The first kappa shape index (κ1) is 27.1. The molecule has 39 heavy (non-hydrogen) atoms. The number of carbonyl (C=O) groups is 3. The third kappa shape index (κ3) is 5.94. The van der Waals surface area contributed by atoms with Crippen LogP contribution in [0.3, 0.4) is 0 Å². The van der Waals surface area contributed by atoms with E-state index in [1.807, 2.05) is 11.8 Å². The predicted octanol–water partition coefficient (Wildman–Crippen LogP) is 4.00. The number of hydrogen-bond donors (Lipinski definition) is 3. The number of imidazole rings is 1. The largest absolute Gasteiger partial charge is 0.394 e. The first-order valence-corrected chi connectivity index (χ1v) is 14.0. The Morgan fingerprint density at radius 2 is 1.92 bits per heavy atom. The third-order valence-electron chi connectivity index (χ3n) is 7.77. The fraction of sp³-hybridized carbons (Fsp3) is 0.448. The van der Waals surface area contributed by atoms with Crippen molar-refractivity contribution in [1.29, 1.82) is 0 Å². The van der Waals surface area contributed by atoms with Crippen LogP contribution >= 0.6 is 11.6 Å². The molecule has 2 aromatic carbocycles. The van der Waals surface area contributed by atoms with Crippen molar-refractivity contribution in [1.82, 2.24) is 25.1 Å². The number of H-pyrrole nitrogens is 1. The van der Waals surface area contributed by atoms with Gasteiger partial charge in [0.25, 0.3) is 11.8 Å². The Kier molecular flexibility index (Phi) is 8.18. The molecule has 9 nitrogen and oxygen atoms in total. The zero-order valence-electron chi connectivity index (χ0n) is 22.1. The summed E-state index contributed by atoms with van der Waals surface area (Å²) in [5.74, 6) is 0.165. The number of nitrogens with zero attached hydrogens (tertiary/aromatic N) is 3. The van der Waals surface area contributed by atoms with E-state index < -0.39 is 6.04 Å². The summed E-state index contributed by atoms with van der Waals surface area (Å²) in [4.78, 5) is 50.8. The van der Waals surface area contributed by atoms with Gasteiger partial charge in [0.1, 0.15) is 5.82 Å². The van der Waals surface area contributed by atoms with Gasteiger partial charge >= 0.3 is 0 Å². The second-order valence-corrected chi connectivity index (χ2v) is 10.9. The molecule has 0 saturated carbocycles. The Hall–Kier alpha value is -3.43. The van der Waals surface area contributed by atoms with E-state index in [-0.39, 0.29) is 36.8 Å². The van der Waals surface area contributed by atoms with E-state index >= 15 is 0 Å². The van der Waals surface area contributed by atoms with Crippen LogP contribution in [0.1, 0.15) is 76.7 Å². The highest BCUT2D eigenvalue weighted by Gasteiger charge is 2.29. The number of likely N-dealkylation sites (tertiary alicyclic amines) is 2. The molecule has 2 atom stereocenters. The summed E-state index contributed by atoms with van der Waals surface area (Å²) < 4.78 is 0. The molecule has 3 heterocycles. The molecule has 3 N–H and O–H groups in total. The molecule has 10 heteroatoms. The van der Waals surface area contributed by atoms with Crippen molar-refractivity contribution in [2.24, 2.45) is 0 Å². The van der Waals surface area contributed by atoms with Crippen LogP contribution in [-0.4, -0.2) is 74.9 Å². The average Bonchev–Trinajstić information content (AvgIpc) is 3.70. The van der Waals surface area contributed by atoms with Crippen LogP contribution in [0.5, 0.6) is 0 Å². The van der Waals surface area contributed by atoms with Crippen LogP contribution in [0.15, 0.2) is 36.4 Å². The highest BCUT2D eigenvalue weighted by molar-refractivity contribution is 6.31. The van der Waals surface area contributed by atoms with E-state index in [0.717, 1.165) is 49.9 Å². The monoisotopic (exact) mass is 551 g/mol. The fourth-order valence-electron chi connectivity index (χ4n) is 5.59. The Morgan fingerprint density at radius 1 is 1.13 bits per heavy atom. The second-order valence-electron chi connectivity index (χ2n) is 10.4. The number of aromatic amines is 1. The number of aliphatic hydroxyl groups excluding tert-OH is 1. The molecule has 3 amide bonds. The predicted molar refractivity (Wildman–Crippen MR) is 149 cm³/mol. The zero-order valence-corrected chi connectivity index (χ0v) is 22.8. The third-order valence-corrected chi connectivity index (χ3v) is 8.00. The van der Waals surface area contributed by atoms with Gasteiger partial charge < -0.3 is 25.2 Å². The molecule has 2 saturated heterocycles. The van der Waals surface area contributed by atoms with E-state index in [2.05, 4.69) is 15.3 Å². The first-order valence-electron chi connectivity index (χ1n) is 13.6. The minimum atomic E-state index is -0.561. The molecule has 2 aliphatic heterocycles. The lowest BCUT2D eigenvalue weighted by molar-refractivity contribution is -0.132. The van der Waals surface area contributed by atoms with Gasteiger partial charge in [-0.25, -0.2) is 4.98 Å². The maximum atomic E-state index is 13.4. The summed E-state index contributed by atoms with van der Waals surface area (Å²) in [6, 6.07) is 9.73. The SMILES string of the molecule is Cc1cc(C(=O)N[C@@H](CCC(=O)N2CCC[C@@H]2CO)c2nc3ccc(Cl)cc3[nH]2)ccc1C(=O)N1CCCC1. The Balaban J connectivity index is 1.35. The average molecular weight is 552 g/mol. The molecule has 206 valence electrons. The Labute approximate surface area is 232 Å². The Bertz CT molecular complexity index is 1380. The van der Waals surface area contributed by atoms with Gasteiger partial charge in [-0.05, 0) is 81.0 Å². The van der Waals surface area contributed by atoms with Crippen LogP contribution in [0.25, 0.3) is 11.0 Å². The van der Waals surface area contributed by atoms with Crippen molar-refractivity contribution in [3.8, 4) is 0 Å². The van der Waals surface area contributed by atoms with Crippen molar-refractivity contribution in [2.75, 3.05) is 26.2 Å². The number of nitrogens with one attached hydrogen (secondary N) is 2. The van der Waals surface area contributed by atoms with Crippen molar-refractivity contribution in [3.05, 3.63) is 63.9 Å². The van der Waals surface area contributed by atoms with E-state index in [4.69, 9.17) is 11.6 Å². The highest BCUT2D eigenvalue weighted by atomic mass is 35.5. The van der Waals surface area contributed by atoms with Gasteiger partial charge in [0.2, 0.25) is 5.91 Å². The number of aliphatic hydroxyl groups is 1. The number of amides is 3. The highest BCUT2D eigenvalue weighted by Crippen LogP contribution is 2.25. The zero-order chi connectivity index (χ0) is 27.5. The number of carbonyl (C=O) groups excluding carboxylic acids is 3. The van der Waals surface area contributed by atoms with Gasteiger partial charge in [0, 0.05) is 42.2 Å². The summed E-state index contributed by atoms with van der Waals surface area (Å²) in [6.07, 6.45) is 4.22. The van der Waals surface area contributed by atoms with Gasteiger partial charge in [0.05, 0.1) is 29.7 Å². The van der Waals surface area contributed by atoms with Crippen molar-refractivity contribution < 1.29 is 19.5 Å². The molecular formula is C29H34ClN5O4. The topological polar surface area (TPSA) is 119 Å². The normalized spacial score (nSPS) is 18.1. The fourth-order valence-corrected chi connectivity index (χ4v) is 5.76. The van der Waals surface area contributed by atoms with Crippen molar-refractivity contribution in [2.45, 2.75) is 57.5 Å². The van der Waals surface area contributed by atoms with E-state index in [1.54, 1.807) is 41.3 Å². The minimum absolute atomic E-state index is 0.00243. The van der Waals surface area contributed by atoms with Gasteiger partial charge in [-0.2, -0.15) is 0 Å². The van der Waals surface area contributed by atoms with Gasteiger partial charge in [-0.1, -0.05) is 11.6 Å². The summed E-state index contributed by atoms with van der Waals surface area (Å²) in [5.41, 5.74) is 3.23. The number of halogens is 1. The number of hydrogen-bond acceptors (Lipinski definition) is 5. The quantitative estimate of drug-likeness (QED) is 0.391. The maximum absolute atomic E-state index is 13.4. The van der Waals surface area contributed by atoms with Crippen LogP contribution in [0.4, 0.5) is 0 Å². The Morgan fingerprint density at radius 3 is 2.67 bits per heavy atom. The molecule has 0 spiro atoms. The molecule has 0 aliphatic carbocycles. The van der Waals surface area contributed by atoms with Gasteiger partial charge in [-0.15, -0.1) is 0 Å². The van der Waals surface area contributed by atoms with Crippen molar-refractivity contribution >= 4 is 40.4 Å². The smallest absolute Gasteiger partial charge is 0.254 e. The van der Waals surface area contributed by atoms with Crippen LogP contribution in [0.2, 0.25) is 5.02 Å².